The zero-order chi connectivity index (χ0) is 19.0. The normalized spacial score (nSPS) is 13.5. The lowest BCUT2D eigenvalue weighted by Crippen LogP contribution is -2.54. The van der Waals surface area contributed by atoms with Crippen molar-refractivity contribution in [1.29, 1.82) is 0 Å². The molecular formula is C18H27N3O4. The van der Waals surface area contributed by atoms with Crippen molar-refractivity contribution < 1.29 is 19.1 Å². The molecule has 1 rings (SSSR count). The van der Waals surface area contributed by atoms with Crippen LogP contribution in [-0.4, -0.2) is 36.9 Å². The Balaban J connectivity index is 2.54. The molecule has 0 spiro atoms. The van der Waals surface area contributed by atoms with Crippen molar-refractivity contribution in [1.82, 2.24) is 10.6 Å². The maximum Gasteiger partial charge on any atom is 0.323 e. The summed E-state index contributed by atoms with van der Waals surface area (Å²) in [5.41, 5.74) is 6.09. The highest BCUT2D eigenvalue weighted by molar-refractivity contribution is 5.90. The number of rotatable bonds is 7. The first kappa shape index (κ1) is 20.6. The first-order valence-corrected chi connectivity index (χ1v) is 8.12. The summed E-state index contributed by atoms with van der Waals surface area (Å²) in [5, 5.41) is 5.14. The van der Waals surface area contributed by atoms with Crippen molar-refractivity contribution in [3.8, 4) is 0 Å². The Morgan fingerprint density at radius 2 is 1.76 bits per heavy atom. The molecule has 0 radical (unpaired) electrons. The van der Waals surface area contributed by atoms with Gasteiger partial charge in [0.2, 0.25) is 11.8 Å². The van der Waals surface area contributed by atoms with Gasteiger partial charge in [-0.3, -0.25) is 14.4 Å². The largest absolute Gasteiger partial charge is 0.460 e. The summed E-state index contributed by atoms with van der Waals surface area (Å²) < 4.78 is 5.11. The Labute approximate surface area is 148 Å². The van der Waals surface area contributed by atoms with E-state index in [2.05, 4.69) is 10.6 Å². The summed E-state index contributed by atoms with van der Waals surface area (Å²) in [5.74, 6) is -1.44. The van der Waals surface area contributed by atoms with Crippen LogP contribution in [0, 0.1) is 5.41 Å². The second-order valence-electron chi connectivity index (χ2n) is 6.88. The van der Waals surface area contributed by atoms with Crippen molar-refractivity contribution in [3.05, 3.63) is 35.9 Å². The van der Waals surface area contributed by atoms with E-state index in [1.807, 2.05) is 51.1 Å². The molecule has 2 amide bonds. The van der Waals surface area contributed by atoms with Gasteiger partial charge < -0.3 is 21.1 Å². The Morgan fingerprint density at radius 3 is 2.28 bits per heavy atom. The number of hydrogen-bond donors (Lipinski definition) is 3. The molecule has 0 saturated heterocycles. The number of likely N-dealkylation sites (N-methyl/N-ethyl adjacent to an activating group) is 1. The summed E-state index contributed by atoms with van der Waals surface area (Å²) in [6, 6.07) is 7.36. The van der Waals surface area contributed by atoms with E-state index in [-0.39, 0.29) is 18.9 Å². The van der Waals surface area contributed by atoms with E-state index in [9.17, 15) is 14.4 Å². The van der Waals surface area contributed by atoms with Gasteiger partial charge in [-0.05, 0) is 11.0 Å². The number of carbonyl (C=O) groups excluding carboxylic acids is 3. The molecule has 25 heavy (non-hydrogen) atoms. The molecule has 1 aromatic rings. The van der Waals surface area contributed by atoms with E-state index < -0.39 is 29.4 Å². The predicted molar refractivity (Wildman–Crippen MR) is 94.3 cm³/mol. The van der Waals surface area contributed by atoms with Gasteiger partial charge in [0.05, 0.1) is 6.42 Å². The third-order valence-corrected chi connectivity index (χ3v) is 3.61. The molecule has 7 nitrogen and oxygen atoms in total. The summed E-state index contributed by atoms with van der Waals surface area (Å²) in [6.07, 6.45) is -0.253. The van der Waals surface area contributed by atoms with Gasteiger partial charge in [0.15, 0.2) is 0 Å². The molecule has 0 fully saturated rings. The van der Waals surface area contributed by atoms with E-state index in [0.717, 1.165) is 5.56 Å². The molecule has 1 aromatic carbocycles. The van der Waals surface area contributed by atoms with Gasteiger partial charge in [0.1, 0.15) is 18.7 Å². The molecule has 0 aliphatic heterocycles. The minimum absolute atomic E-state index is 0.0951. The molecule has 0 unspecified atom stereocenters. The number of nitrogens with two attached hydrogens (primary N) is 1. The SMILES string of the molecule is CNC(=O)[C@@H](NC(=O)C[C@@H](N)C(=O)OCc1ccccc1)C(C)(C)C. The van der Waals surface area contributed by atoms with Gasteiger partial charge in [-0.1, -0.05) is 51.1 Å². The van der Waals surface area contributed by atoms with Gasteiger partial charge in [-0.2, -0.15) is 0 Å². The quantitative estimate of drug-likeness (QED) is 0.628. The van der Waals surface area contributed by atoms with Gasteiger partial charge in [-0.15, -0.1) is 0 Å². The Morgan fingerprint density at radius 1 is 1.16 bits per heavy atom. The van der Waals surface area contributed by atoms with Gasteiger partial charge >= 0.3 is 5.97 Å². The second-order valence-corrected chi connectivity index (χ2v) is 6.88. The number of nitrogens with one attached hydrogen (secondary N) is 2. The Hall–Kier alpha value is -2.41. The molecule has 0 saturated carbocycles. The minimum Gasteiger partial charge on any atom is -0.460 e. The van der Waals surface area contributed by atoms with E-state index in [0.29, 0.717) is 0 Å². The highest BCUT2D eigenvalue weighted by Gasteiger charge is 2.32. The molecular weight excluding hydrogens is 322 g/mol. The van der Waals surface area contributed by atoms with Gasteiger partial charge in [0, 0.05) is 7.05 Å². The molecule has 0 aliphatic carbocycles. The first-order valence-electron chi connectivity index (χ1n) is 8.12. The highest BCUT2D eigenvalue weighted by atomic mass is 16.5. The maximum absolute atomic E-state index is 12.1. The lowest BCUT2D eigenvalue weighted by molar-refractivity contribution is -0.148. The van der Waals surface area contributed by atoms with Crippen LogP contribution >= 0.6 is 0 Å². The van der Waals surface area contributed by atoms with E-state index in [1.54, 1.807) is 0 Å². The van der Waals surface area contributed by atoms with Crippen LogP contribution in [0.5, 0.6) is 0 Å². The number of carbonyl (C=O) groups is 3. The maximum atomic E-state index is 12.1. The highest BCUT2D eigenvalue weighted by Crippen LogP contribution is 2.19. The molecule has 0 aliphatic rings. The van der Waals surface area contributed by atoms with Crippen LogP contribution in [-0.2, 0) is 25.7 Å². The average Bonchev–Trinajstić information content (AvgIpc) is 2.56. The van der Waals surface area contributed by atoms with Crippen LogP contribution in [0.15, 0.2) is 30.3 Å². The smallest absolute Gasteiger partial charge is 0.323 e. The molecule has 4 N–H and O–H groups in total. The Bertz CT molecular complexity index is 596. The third-order valence-electron chi connectivity index (χ3n) is 3.61. The van der Waals surface area contributed by atoms with Crippen molar-refractivity contribution >= 4 is 17.8 Å². The lowest BCUT2D eigenvalue weighted by Gasteiger charge is -2.30. The topological polar surface area (TPSA) is 111 Å². The van der Waals surface area contributed by atoms with Crippen molar-refractivity contribution in [2.45, 2.75) is 45.9 Å². The standard InChI is InChI=1S/C18H27N3O4/c1-18(2,3)15(16(23)20-4)21-14(22)10-13(19)17(24)25-11-12-8-6-5-7-9-12/h5-9,13,15H,10-11,19H2,1-4H3,(H,20,23)(H,21,22)/t13-,15-/m1/s1. The van der Waals surface area contributed by atoms with Crippen LogP contribution in [0.2, 0.25) is 0 Å². The number of esters is 1. The molecule has 0 bridgehead atoms. The van der Waals surface area contributed by atoms with Gasteiger partial charge in [0.25, 0.3) is 0 Å². The van der Waals surface area contributed by atoms with Crippen LogP contribution in [0.4, 0.5) is 0 Å². The van der Waals surface area contributed by atoms with Crippen LogP contribution in [0.3, 0.4) is 0 Å². The fourth-order valence-corrected chi connectivity index (χ4v) is 2.16. The van der Waals surface area contributed by atoms with Gasteiger partial charge in [-0.25, -0.2) is 0 Å². The molecule has 0 aromatic heterocycles. The summed E-state index contributed by atoms with van der Waals surface area (Å²) in [7, 11) is 1.50. The minimum atomic E-state index is -1.09. The van der Waals surface area contributed by atoms with Crippen molar-refractivity contribution in [3.63, 3.8) is 0 Å². The van der Waals surface area contributed by atoms with Crippen molar-refractivity contribution in [2.24, 2.45) is 11.1 Å². The number of amides is 2. The van der Waals surface area contributed by atoms with Crippen molar-refractivity contribution in [2.75, 3.05) is 7.05 Å². The average molecular weight is 349 g/mol. The second kappa shape index (κ2) is 9.17. The van der Waals surface area contributed by atoms with E-state index in [4.69, 9.17) is 10.5 Å². The molecule has 0 heterocycles. The molecule has 138 valence electrons. The summed E-state index contributed by atoms with van der Waals surface area (Å²) in [6.45, 7) is 5.60. The summed E-state index contributed by atoms with van der Waals surface area (Å²) >= 11 is 0. The fourth-order valence-electron chi connectivity index (χ4n) is 2.16. The third kappa shape index (κ3) is 6.93. The Kier molecular flexibility index (Phi) is 7.57. The van der Waals surface area contributed by atoms with Crippen LogP contribution < -0.4 is 16.4 Å². The summed E-state index contributed by atoms with van der Waals surface area (Å²) in [4.78, 5) is 36.0. The number of ether oxygens (including phenoxy) is 1. The van der Waals surface area contributed by atoms with E-state index in [1.165, 1.54) is 7.05 Å². The zero-order valence-electron chi connectivity index (χ0n) is 15.2. The molecule has 7 heteroatoms. The number of benzene rings is 1. The zero-order valence-corrected chi connectivity index (χ0v) is 15.2. The van der Waals surface area contributed by atoms with E-state index >= 15 is 0 Å². The number of hydrogen-bond acceptors (Lipinski definition) is 5. The van der Waals surface area contributed by atoms with Crippen LogP contribution in [0.1, 0.15) is 32.8 Å². The molecule has 2 atom stereocenters. The van der Waals surface area contributed by atoms with Crippen LogP contribution in [0.25, 0.3) is 0 Å². The fraction of sp³-hybridized carbons (Fsp3) is 0.500. The lowest BCUT2D eigenvalue weighted by atomic mass is 9.86. The monoisotopic (exact) mass is 349 g/mol. The predicted octanol–water partition coefficient (Wildman–Crippen LogP) is 0.724. The first-order chi connectivity index (χ1) is 11.6.